The fourth-order valence-corrected chi connectivity index (χ4v) is 5.80. The predicted molar refractivity (Wildman–Crippen MR) is 72.2 cm³/mol. The number of aliphatic hydroxyl groups excluding tert-OH is 1. The molecule has 5 fully saturated rings. The number of hydrogen-bond acceptors (Lipinski definition) is 2. The second-order valence-corrected chi connectivity index (χ2v) is 7.70. The quantitative estimate of drug-likeness (QED) is 0.805. The minimum atomic E-state index is -0.00435. The van der Waals surface area contributed by atoms with Crippen LogP contribution in [0.2, 0.25) is 0 Å². The summed E-state index contributed by atoms with van der Waals surface area (Å²) < 4.78 is 0. The minimum Gasteiger partial charge on any atom is -0.393 e. The van der Waals surface area contributed by atoms with Crippen LogP contribution >= 0.6 is 0 Å². The molecule has 2 atom stereocenters. The van der Waals surface area contributed by atoms with Gasteiger partial charge in [-0.05, 0) is 87.5 Å². The molecule has 5 aliphatic rings. The lowest BCUT2D eigenvalue weighted by molar-refractivity contribution is -0.0148. The summed E-state index contributed by atoms with van der Waals surface area (Å²) in [6.07, 6.45) is 10.9. The highest BCUT2D eigenvalue weighted by Crippen LogP contribution is 2.53. The maximum Gasteiger partial charge on any atom is 0.0543 e. The number of rotatable bonds is 3. The Hall–Kier alpha value is -0.0800. The van der Waals surface area contributed by atoms with Crippen LogP contribution in [0.4, 0.5) is 0 Å². The third-order valence-electron chi connectivity index (χ3n) is 6.38. The van der Waals surface area contributed by atoms with Crippen molar-refractivity contribution in [2.75, 3.05) is 6.54 Å². The van der Waals surface area contributed by atoms with Gasteiger partial charge in [0, 0.05) is 6.04 Å². The van der Waals surface area contributed by atoms with Gasteiger partial charge in [-0.15, -0.1) is 0 Å². The topological polar surface area (TPSA) is 32.3 Å². The van der Waals surface area contributed by atoms with Crippen molar-refractivity contribution in [3.8, 4) is 0 Å². The molecular weight excluding hydrogens is 222 g/mol. The SMILES string of the molecule is OC1CCC(CNC2C3CC4CC(C3)CC2C4)C1. The molecule has 0 amide bonds. The highest BCUT2D eigenvalue weighted by Gasteiger charge is 2.48. The summed E-state index contributed by atoms with van der Waals surface area (Å²) in [4.78, 5) is 0. The van der Waals surface area contributed by atoms with Crippen molar-refractivity contribution in [2.45, 2.75) is 63.5 Å². The Labute approximate surface area is 111 Å². The van der Waals surface area contributed by atoms with E-state index in [9.17, 15) is 5.11 Å². The molecule has 0 radical (unpaired) electrons. The molecular formula is C16H27NO. The van der Waals surface area contributed by atoms with E-state index in [2.05, 4.69) is 5.32 Å². The molecule has 0 aromatic heterocycles. The van der Waals surface area contributed by atoms with Crippen LogP contribution in [0.5, 0.6) is 0 Å². The van der Waals surface area contributed by atoms with E-state index in [0.29, 0.717) is 0 Å². The Bertz CT molecular complexity index is 288. The summed E-state index contributed by atoms with van der Waals surface area (Å²) in [6.45, 7) is 1.17. The van der Waals surface area contributed by atoms with Gasteiger partial charge in [-0.25, -0.2) is 0 Å². The maximum atomic E-state index is 9.61. The van der Waals surface area contributed by atoms with Crippen LogP contribution in [-0.2, 0) is 0 Å². The molecule has 2 unspecified atom stereocenters. The van der Waals surface area contributed by atoms with E-state index in [-0.39, 0.29) is 6.10 Å². The Morgan fingerprint density at radius 3 is 2.06 bits per heavy atom. The average molecular weight is 249 g/mol. The molecule has 5 rings (SSSR count). The largest absolute Gasteiger partial charge is 0.393 e. The molecule has 5 saturated carbocycles. The van der Waals surface area contributed by atoms with Crippen molar-refractivity contribution in [2.24, 2.45) is 29.6 Å². The minimum absolute atomic E-state index is 0.00435. The first kappa shape index (κ1) is 11.7. The van der Waals surface area contributed by atoms with Crippen molar-refractivity contribution in [3.05, 3.63) is 0 Å². The van der Waals surface area contributed by atoms with Crippen molar-refractivity contribution >= 4 is 0 Å². The van der Waals surface area contributed by atoms with E-state index in [4.69, 9.17) is 0 Å². The normalized spacial score (nSPS) is 54.2. The first-order chi connectivity index (χ1) is 8.78. The summed E-state index contributed by atoms with van der Waals surface area (Å²) in [5, 5.41) is 13.5. The number of hydrogen-bond donors (Lipinski definition) is 2. The summed E-state index contributed by atoms with van der Waals surface area (Å²) in [7, 11) is 0. The van der Waals surface area contributed by atoms with Gasteiger partial charge in [0.25, 0.3) is 0 Å². The van der Waals surface area contributed by atoms with Gasteiger partial charge in [0.05, 0.1) is 6.10 Å². The first-order valence-corrected chi connectivity index (χ1v) is 8.19. The fraction of sp³-hybridized carbons (Fsp3) is 1.00. The van der Waals surface area contributed by atoms with Crippen LogP contribution in [0, 0.1) is 29.6 Å². The van der Waals surface area contributed by atoms with Gasteiger partial charge in [0.15, 0.2) is 0 Å². The highest BCUT2D eigenvalue weighted by molar-refractivity contribution is 5.01. The van der Waals surface area contributed by atoms with Gasteiger partial charge in [-0.1, -0.05) is 0 Å². The lowest BCUT2D eigenvalue weighted by Crippen LogP contribution is -2.55. The Kier molecular flexibility index (Phi) is 2.92. The summed E-state index contributed by atoms with van der Waals surface area (Å²) in [5.41, 5.74) is 0. The Balaban J connectivity index is 1.35. The van der Waals surface area contributed by atoms with E-state index < -0.39 is 0 Å². The van der Waals surface area contributed by atoms with Gasteiger partial charge < -0.3 is 10.4 Å². The molecule has 0 aliphatic heterocycles. The van der Waals surface area contributed by atoms with Gasteiger partial charge >= 0.3 is 0 Å². The van der Waals surface area contributed by atoms with Crippen LogP contribution < -0.4 is 5.32 Å². The molecule has 0 saturated heterocycles. The van der Waals surface area contributed by atoms with Crippen molar-refractivity contribution in [1.29, 1.82) is 0 Å². The lowest BCUT2D eigenvalue weighted by atomic mass is 9.54. The molecule has 0 aromatic rings. The molecule has 0 heterocycles. The van der Waals surface area contributed by atoms with Gasteiger partial charge in [0.1, 0.15) is 0 Å². The van der Waals surface area contributed by atoms with Crippen LogP contribution in [0.1, 0.15) is 51.4 Å². The molecule has 2 nitrogen and oxygen atoms in total. The summed E-state index contributed by atoms with van der Waals surface area (Å²) in [5.74, 6) is 4.90. The van der Waals surface area contributed by atoms with Gasteiger partial charge in [-0.2, -0.15) is 0 Å². The summed E-state index contributed by atoms with van der Waals surface area (Å²) >= 11 is 0. The summed E-state index contributed by atoms with van der Waals surface area (Å²) in [6, 6.07) is 0.829. The predicted octanol–water partition coefficient (Wildman–Crippen LogP) is 2.56. The lowest BCUT2D eigenvalue weighted by Gasteiger charge is -2.54. The van der Waals surface area contributed by atoms with E-state index in [0.717, 1.165) is 48.5 Å². The van der Waals surface area contributed by atoms with Crippen LogP contribution in [-0.4, -0.2) is 23.8 Å². The molecule has 4 bridgehead atoms. The van der Waals surface area contributed by atoms with Crippen LogP contribution in [0.3, 0.4) is 0 Å². The van der Waals surface area contributed by atoms with E-state index in [1.54, 1.807) is 6.42 Å². The first-order valence-electron chi connectivity index (χ1n) is 8.19. The zero-order valence-electron chi connectivity index (χ0n) is 11.4. The third kappa shape index (κ3) is 2.02. The van der Waals surface area contributed by atoms with Crippen molar-refractivity contribution in [1.82, 2.24) is 5.32 Å². The van der Waals surface area contributed by atoms with Gasteiger partial charge in [-0.3, -0.25) is 0 Å². The zero-order chi connectivity index (χ0) is 12.1. The number of aliphatic hydroxyl groups is 1. The molecule has 5 aliphatic carbocycles. The molecule has 18 heavy (non-hydrogen) atoms. The third-order valence-corrected chi connectivity index (χ3v) is 6.38. The van der Waals surface area contributed by atoms with Crippen molar-refractivity contribution < 1.29 is 5.11 Å². The Morgan fingerprint density at radius 1 is 0.833 bits per heavy atom. The fourth-order valence-electron chi connectivity index (χ4n) is 5.80. The molecule has 0 spiro atoms. The second kappa shape index (κ2) is 4.49. The monoisotopic (exact) mass is 249 g/mol. The maximum absolute atomic E-state index is 9.61. The molecule has 102 valence electrons. The zero-order valence-corrected chi connectivity index (χ0v) is 11.4. The van der Waals surface area contributed by atoms with Crippen molar-refractivity contribution in [3.63, 3.8) is 0 Å². The van der Waals surface area contributed by atoms with E-state index >= 15 is 0 Å². The van der Waals surface area contributed by atoms with Crippen LogP contribution in [0.15, 0.2) is 0 Å². The van der Waals surface area contributed by atoms with Gasteiger partial charge in [0.2, 0.25) is 0 Å². The molecule has 0 aromatic carbocycles. The average Bonchev–Trinajstić information content (AvgIpc) is 2.73. The van der Waals surface area contributed by atoms with Crippen LogP contribution in [0.25, 0.3) is 0 Å². The van der Waals surface area contributed by atoms with E-state index in [1.807, 2.05) is 0 Å². The molecule has 2 heteroatoms. The smallest absolute Gasteiger partial charge is 0.0543 e. The second-order valence-electron chi connectivity index (χ2n) is 7.70. The highest BCUT2D eigenvalue weighted by atomic mass is 16.3. The standard InChI is InChI=1S/C16H27NO/c18-15-2-1-10(8-15)9-17-16-13-4-11-3-12(6-13)7-14(16)5-11/h10-18H,1-9H2. The Morgan fingerprint density at radius 2 is 1.50 bits per heavy atom. The number of nitrogens with one attached hydrogen (secondary N) is 1. The van der Waals surface area contributed by atoms with E-state index in [1.165, 1.54) is 38.6 Å². The molecule has 2 N–H and O–H groups in total.